The number of aromatic nitrogens is 3. The first-order valence-electron chi connectivity index (χ1n) is 6.50. The molecule has 0 saturated carbocycles. The minimum absolute atomic E-state index is 0.0333. The van der Waals surface area contributed by atoms with Crippen LogP contribution in [0.1, 0.15) is 36.5 Å². The predicted octanol–water partition coefficient (Wildman–Crippen LogP) is 2.22. The Labute approximate surface area is 114 Å². The highest BCUT2D eigenvalue weighted by Gasteiger charge is 2.43. The van der Waals surface area contributed by atoms with E-state index in [0.717, 1.165) is 0 Å². The minimum atomic E-state index is -4.23. The maximum absolute atomic E-state index is 12.8. The van der Waals surface area contributed by atoms with Gasteiger partial charge in [0.05, 0.1) is 18.2 Å². The summed E-state index contributed by atoms with van der Waals surface area (Å²) in [6, 6.07) is 0. The number of hydrogen-bond donors (Lipinski definition) is 0. The van der Waals surface area contributed by atoms with Crippen molar-refractivity contribution in [2.75, 3.05) is 6.61 Å². The molecule has 5 nitrogen and oxygen atoms in total. The first kappa shape index (κ1) is 14.8. The van der Waals surface area contributed by atoms with Gasteiger partial charge >= 0.3 is 12.1 Å². The van der Waals surface area contributed by atoms with Crippen LogP contribution in [0.25, 0.3) is 0 Å². The summed E-state index contributed by atoms with van der Waals surface area (Å²) in [5.74, 6) is -2.61. The van der Waals surface area contributed by atoms with Gasteiger partial charge in [-0.3, -0.25) is 0 Å². The number of halogens is 3. The molecule has 1 aliphatic heterocycles. The Bertz CT molecular complexity index is 499. The van der Waals surface area contributed by atoms with Gasteiger partial charge < -0.3 is 4.74 Å². The van der Waals surface area contributed by atoms with Crippen molar-refractivity contribution in [3.63, 3.8) is 0 Å². The van der Waals surface area contributed by atoms with Crippen LogP contribution in [0.2, 0.25) is 0 Å². The summed E-state index contributed by atoms with van der Waals surface area (Å²) >= 11 is 0. The summed E-state index contributed by atoms with van der Waals surface area (Å²) in [7, 11) is 0. The van der Waals surface area contributed by atoms with Crippen molar-refractivity contribution in [1.82, 2.24) is 15.0 Å². The van der Waals surface area contributed by atoms with E-state index >= 15 is 0 Å². The lowest BCUT2D eigenvalue weighted by Gasteiger charge is -2.29. The molecule has 2 rings (SSSR count). The summed E-state index contributed by atoms with van der Waals surface area (Å²) in [5.41, 5.74) is 0.474. The SMILES string of the molecule is CCOC(=O)c1nnn2c1CC(C(C)C(F)(F)F)CC2. The van der Waals surface area contributed by atoms with Gasteiger partial charge in [-0.15, -0.1) is 5.10 Å². The van der Waals surface area contributed by atoms with E-state index in [2.05, 4.69) is 10.3 Å². The number of aryl methyl sites for hydroxylation is 1. The van der Waals surface area contributed by atoms with Crippen LogP contribution in [0.3, 0.4) is 0 Å². The van der Waals surface area contributed by atoms with E-state index in [1.165, 1.54) is 11.6 Å². The van der Waals surface area contributed by atoms with Gasteiger partial charge in [0.15, 0.2) is 5.69 Å². The lowest BCUT2D eigenvalue weighted by atomic mass is 9.84. The predicted molar refractivity (Wildman–Crippen MR) is 63.0 cm³/mol. The van der Waals surface area contributed by atoms with Crippen molar-refractivity contribution in [2.24, 2.45) is 11.8 Å². The van der Waals surface area contributed by atoms with Crippen LogP contribution in [0.15, 0.2) is 0 Å². The van der Waals surface area contributed by atoms with Crippen LogP contribution >= 0.6 is 0 Å². The number of esters is 1. The average molecular weight is 291 g/mol. The Morgan fingerprint density at radius 2 is 2.25 bits per heavy atom. The number of nitrogens with zero attached hydrogens (tertiary/aromatic N) is 3. The minimum Gasteiger partial charge on any atom is -0.461 e. The molecule has 112 valence electrons. The largest absolute Gasteiger partial charge is 0.461 e. The van der Waals surface area contributed by atoms with E-state index in [1.54, 1.807) is 6.92 Å². The van der Waals surface area contributed by atoms with Crippen molar-refractivity contribution in [1.29, 1.82) is 0 Å². The molecule has 0 spiro atoms. The Morgan fingerprint density at radius 3 is 2.85 bits per heavy atom. The fraction of sp³-hybridized carbons (Fsp3) is 0.750. The molecule has 0 aromatic carbocycles. The van der Waals surface area contributed by atoms with E-state index in [0.29, 0.717) is 18.7 Å². The molecule has 0 fully saturated rings. The van der Waals surface area contributed by atoms with Crippen molar-refractivity contribution >= 4 is 5.97 Å². The Hall–Kier alpha value is -1.60. The molecule has 1 aliphatic rings. The molecule has 1 aromatic rings. The number of carbonyl (C=O) groups excluding carboxylic acids is 1. The zero-order chi connectivity index (χ0) is 14.9. The van der Waals surface area contributed by atoms with Crippen molar-refractivity contribution in [2.45, 2.75) is 39.4 Å². The third kappa shape index (κ3) is 2.78. The fourth-order valence-corrected chi connectivity index (χ4v) is 2.41. The highest BCUT2D eigenvalue weighted by molar-refractivity contribution is 5.88. The van der Waals surface area contributed by atoms with Gasteiger partial charge in [0.25, 0.3) is 0 Å². The number of fused-ring (bicyclic) bond motifs is 1. The molecule has 0 amide bonds. The van der Waals surface area contributed by atoms with Gasteiger partial charge in [0.2, 0.25) is 0 Å². The molecule has 2 atom stereocenters. The summed E-state index contributed by atoms with van der Waals surface area (Å²) < 4.78 is 44.7. The summed E-state index contributed by atoms with van der Waals surface area (Å²) in [4.78, 5) is 11.7. The highest BCUT2D eigenvalue weighted by Crippen LogP contribution is 2.37. The van der Waals surface area contributed by atoms with Gasteiger partial charge in [-0.25, -0.2) is 9.48 Å². The zero-order valence-corrected chi connectivity index (χ0v) is 11.3. The van der Waals surface area contributed by atoms with Gasteiger partial charge in [-0.05, 0) is 25.7 Å². The van der Waals surface area contributed by atoms with Gasteiger partial charge in [0.1, 0.15) is 0 Å². The third-order valence-corrected chi connectivity index (χ3v) is 3.70. The van der Waals surface area contributed by atoms with E-state index in [1.807, 2.05) is 0 Å². The van der Waals surface area contributed by atoms with Gasteiger partial charge in [-0.2, -0.15) is 13.2 Å². The van der Waals surface area contributed by atoms with Crippen LogP contribution in [-0.4, -0.2) is 33.7 Å². The monoisotopic (exact) mass is 291 g/mol. The normalized spacial score (nSPS) is 20.4. The standard InChI is InChI=1S/C12H16F3N3O2/c1-3-20-11(19)10-9-6-8(7(2)12(13,14)15)4-5-18(9)17-16-10/h7-8H,3-6H2,1-2H3. The molecule has 0 radical (unpaired) electrons. The molecule has 2 unspecified atom stereocenters. The highest BCUT2D eigenvalue weighted by atomic mass is 19.4. The van der Waals surface area contributed by atoms with Crippen molar-refractivity contribution in [3.8, 4) is 0 Å². The first-order chi connectivity index (χ1) is 9.34. The molecule has 8 heteroatoms. The molecule has 20 heavy (non-hydrogen) atoms. The molecule has 1 aromatic heterocycles. The van der Waals surface area contributed by atoms with Crippen LogP contribution in [0, 0.1) is 11.8 Å². The summed E-state index contributed by atoms with van der Waals surface area (Å²) in [5, 5.41) is 7.53. The second kappa shape index (κ2) is 5.41. The molecule has 0 bridgehead atoms. The Kier molecular flexibility index (Phi) is 4.01. The van der Waals surface area contributed by atoms with Crippen LogP contribution in [0.4, 0.5) is 13.2 Å². The van der Waals surface area contributed by atoms with E-state index < -0.39 is 24.0 Å². The van der Waals surface area contributed by atoms with E-state index in [4.69, 9.17) is 4.74 Å². The Balaban J connectivity index is 2.20. The summed E-state index contributed by atoms with van der Waals surface area (Å²) in [6.07, 6.45) is -3.72. The second-order valence-corrected chi connectivity index (χ2v) is 4.91. The summed E-state index contributed by atoms with van der Waals surface area (Å²) in [6.45, 7) is 3.36. The molecule has 0 saturated heterocycles. The fourth-order valence-electron chi connectivity index (χ4n) is 2.41. The Morgan fingerprint density at radius 1 is 1.55 bits per heavy atom. The van der Waals surface area contributed by atoms with Gasteiger partial charge in [-0.1, -0.05) is 12.1 Å². The van der Waals surface area contributed by atoms with Crippen LogP contribution in [-0.2, 0) is 17.7 Å². The first-order valence-corrected chi connectivity index (χ1v) is 6.50. The van der Waals surface area contributed by atoms with Crippen LogP contribution < -0.4 is 0 Å². The smallest absolute Gasteiger partial charge is 0.391 e. The van der Waals surface area contributed by atoms with Crippen molar-refractivity contribution in [3.05, 3.63) is 11.4 Å². The molecule has 0 aliphatic carbocycles. The average Bonchev–Trinajstić information content (AvgIpc) is 2.79. The number of ether oxygens (including phenoxy) is 1. The number of rotatable bonds is 3. The third-order valence-electron chi connectivity index (χ3n) is 3.70. The maximum Gasteiger partial charge on any atom is 0.391 e. The molecular weight excluding hydrogens is 275 g/mol. The zero-order valence-electron chi connectivity index (χ0n) is 11.3. The molecule has 2 heterocycles. The van der Waals surface area contributed by atoms with Gasteiger partial charge in [0, 0.05) is 6.54 Å². The lowest BCUT2D eigenvalue weighted by molar-refractivity contribution is -0.185. The quantitative estimate of drug-likeness (QED) is 0.801. The van der Waals surface area contributed by atoms with E-state index in [-0.39, 0.29) is 18.7 Å². The topological polar surface area (TPSA) is 57.0 Å². The van der Waals surface area contributed by atoms with E-state index in [9.17, 15) is 18.0 Å². The molecular formula is C12H16F3N3O2. The maximum atomic E-state index is 12.8. The number of carbonyl (C=O) groups is 1. The van der Waals surface area contributed by atoms with Crippen LogP contribution in [0.5, 0.6) is 0 Å². The van der Waals surface area contributed by atoms with Crippen molar-refractivity contribution < 1.29 is 22.7 Å². The second-order valence-electron chi connectivity index (χ2n) is 4.91. The number of hydrogen-bond acceptors (Lipinski definition) is 4. The lowest BCUT2D eigenvalue weighted by Crippen LogP contribution is -2.33. The number of alkyl halides is 3. The molecule has 0 N–H and O–H groups in total.